The number of methoxy groups -OCH3 is 3. The number of unbranched alkanes of at least 4 members (excludes halogenated alkanes) is 3. The molecule has 2 unspecified atom stereocenters. The molecule has 2 amide bonds. The van der Waals surface area contributed by atoms with Crippen molar-refractivity contribution >= 4 is 73.4 Å². The van der Waals surface area contributed by atoms with E-state index in [9.17, 15) is 4.79 Å². The van der Waals surface area contributed by atoms with Crippen molar-refractivity contribution in [3.63, 3.8) is 0 Å². The zero-order chi connectivity index (χ0) is 61.5. The first-order valence-electron chi connectivity index (χ1n) is 30.2. The molecule has 0 radical (unpaired) electrons. The molecule has 3 N–H and O–H groups in total. The molecule has 0 fully saturated rings. The number of carbonyl (C=O) groups is 3. The van der Waals surface area contributed by atoms with Crippen LogP contribution in [0.4, 0.5) is 11.5 Å². The SMILES string of the molecule is CCCCCCOC(C)c1c(C)c2cc3nc(c4c5[nH]c(cc6nc(cc1[nH]2)C(C)=C6CC)c(C)c5C(=O)N(Cc1cccc(C#Cc2cccc(Nc5ncnc6cc(OCCOC)c(OCCOC)cc56)c2)c1)C4=O)[C@@H]([C@@H](C)CC(=O)OC)C3C. The number of benzene rings is 3. The van der Waals surface area contributed by atoms with Gasteiger partial charge in [0.25, 0.3) is 11.8 Å². The Bertz CT molecular complexity index is 4040. The molecule has 452 valence electrons. The number of allylic oxidation sites excluding steroid dienone is 2. The average molecular weight is 1180 g/mol. The zero-order valence-corrected chi connectivity index (χ0v) is 51.8. The molecule has 87 heavy (non-hydrogen) atoms. The second kappa shape index (κ2) is 27.3. The maximum absolute atomic E-state index is 15.7. The quantitative estimate of drug-likeness (QED) is 0.0236. The van der Waals surface area contributed by atoms with Crippen LogP contribution in [0.1, 0.15) is 175 Å². The number of aromatic amines is 2. The fourth-order valence-corrected chi connectivity index (χ4v) is 12.2. The molecule has 10 rings (SSSR count). The number of amides is 2. The van der Waals surface area contributed by atoms with Crippen molar-refractivity contribution in [2.24, 2.45) is 5.92 Å². The number of nitrogens with one attached hydrogen (secondary N) is 3. The van der Waals surface area contributed by atoms with Crippen LogP contribution in [0.2, 0.25) is 0 Å². The van der Waals surface area contributed by atoms with E-state index in [2.05, 4.69) is 90.8 Å². The van der Waals surface area contributed by atoms with Gasteiger partial charge in [0, 0.05) is 95.2 Å². The van der Waals surface area contributed by atoms with Gasteiger partial charge < -0.3 is 43.7 Å². The monoisotopic (exact) mass is 1170 g/mol. The maximum Gasteiger partial charge on any atom is 0.305 e. The molecular weight excluding hydrogens is 1100 g/mol. The van der Waals surface area contributed by atoms with Crippen molar-refractivity contribution in [1.82, 2.24) is 34.8 Å². The first-order valence-corrected chi connectivity index (χ1v) is 30.2. The van der Waals surface area contributed by atoms with Gasteiger partial charge in [0.15, 0.2) is 11.5 Å². The highest BCUT2D eigenvalue weighted by Crippen LogP contribution is 2.47. The minimum absolute atomic E-state index is 0.0469. The smallest absolute Gasteiger partial charge is 0.305 e. The molecule has 3 aliphatic heterocycles. The summed E-state index contributed by atoms with van der Waals surface area (Å²) >= 11 is 0. The van der Waals surface area contributed by atoms with E-state index in [-0.39, 0.29) is 42.4 Å². The predicted molar refractivity (Wildman–Crippen MR) is 339 cm³/mol. The first-order chi connectivity index (χ1) is 42.1. The van der Waals surface area contributed by atoms with Crippen LogP contribution in [0.5, 0.6) is 11.5 Å². The maximum atomic E-state index is 15.7. The third kappa shape index (κ3) is 13.0. The van der Waals surface area contributed by atoms with E-state index in [4.69, 9.17) is 38.4 Å². The highest BCUT2D eigenvalue weighted by Gasteiger charge is 2.43. The Morgan fingerprint density at radius 1 is 0.736 bits per heavy atom. The number of carbonyl (C=O) groups excluding carboxylic acids is 3. The molecule has 7 heterocycles. The van der Waals surface area contributed by atoms with Gasteiger partial charge in [-0.2, -0.15) is 0 Å². The number of hydrogen-bond donors (Lipinski definition) is 3. The van der Waals surface area contributed by atoms with E-state index in [1.165, 1.54) is 24.8 Å². The van der Waals surface area contributed by atoms with Crippen molar-refractivity contribution in [1.29, 1.82) is 0 Å². The molecular formula is C70H78N8O9. The first kappa shape index (κ1) is 61.4. The standard InChI is InChI=1S/C70H78N8O9/c1-12-14-15-16-25-85-45(8)63-43(6)53-34-54-42(5)62(40(3)30-61(79)84-11)66(76-54)65-67-64(44(7)55(77-67)35-57-50(13-2)41(4)52(74-57)36-58(63)75-53)69(80)78(70(65)81)38-48-21-17-19-46(31-48)23-24-47-20-18-22-49(32-47)73-68-51-33-59(86-28-26-82-9)60(87-29-27-83-10)37-56(51)71-39-72-68/h17-22,31-37,39-40,42,45,62,75,77H,12-16,25-30,38H2,1-11H3,(H,71,72,73)/t40-,42?,45?,62-/m0/s1. The minimum Gasteiger partial charge on any atom is -0.487 e. The normalized spacial score (nSPS) is 15.4. The Labute approximate surface area is 508 Å². The number of ether oxygens (including phenoxy) is 6. The topological polar surface area (TPSA) is 205 Å². The van der Waals surface area contributed by atoms with E-state index in [0.29, 0.717) is 94.8 Å². The Balaban J connectivity index is 1.03. The second-order valence-corrected chi connectivity index (χ2v) is 22.7. The molecule has 17 nitrogen and oxygen atoms in total. The van der Waals surface area contributed by atoms with Crippen LogP contribution in [0.15, 0.2) is 85.2 Å². The van der Waals surface area contributed by atoms with Gasteiger partial charge in [-0.3, -0.25) is 24.3 Å². The molecule has 3 aromatic carbocycles. The average Bonchev–Trinajstić information content (AvgIpc) is 1.90. The molecule has 0 saturated heterocycles. The van der Waals surface area contributed by atoms with Crippen molar-refractivity contribution in [3.8, 4) is 23.3 Å². The number of fused-ring (bicyclic) bond motifs is 9. The number of rotatable bonds is 23. The Kier molecular flexibility index (Phi) is 19.3. The van der Waals surface area contributed by atoms with Gasteiger partial charge in [-0.1, -0.05) is 77.0 Å². The van der Waals surface area contributed by atoms with Gasteiger partial charge in [-0.25, -0.2) is 15.0 Å². The fraction of sp³-hybridized carbons (Fsp3) is 0.386. The Morgan fingerprint density at radius 2 is 1.44 bits per heavy atom. The minimum atomic E-state index is -0.495. The van der Waals surface area contributed by atoms with Crippen LogP contribution in [0.3, 0.4) is 0 Å². The van der Waals surface area contributed by atoms with Crippen LogP contribution in [0.25, 0.3) is 44.1 Å². The number of H-pyrrole nitrogens is 2. The third-order valence-electron chi connectivity index (χ3n) is 16.9. The Hall–Kier alpha value is -8.69. The molecule has 0 aliphatic carbocycles. The van der Waals surface area contributed by atoms with Crippen molar-refractivity contribution in [2.75, 3.05) is 59.7 Å². The lowest BCUT2D eigenvalue weighted by Crippen LogP contribution is -2.40. The van der Waals surface area contributed by atoms with Gasteiger partial charge >= 0.3 is 5.97 Å². The molecule has 0 spiro atoms. The number of imide groups is 1. The number of hydrogen-bond acceptors (Lipinski definition) is 14. The molecule has 4 aromatic heterocycles. The van der Waals surface area contributed by atoms with Crippen LogP contribution >= 0.6 is 0 Å². The van der Waals surface area contributed by atoms with Gasteiger partial charge in [0.05, 0.1) is 72.2 Å². The molecule has 3 aliphatic rings. The predicted octanol–water partition coefficient (Wildman–Crippen LogP) is 13.9. The lowest BCUT2D eigenvalue weighted by Gasteiger charge is -2.29. The summed E-state index contributed by atoms with van der Waals surface area (Å²) in [6.45, 7) is 18.7. The van der Waals surface area contributed by atoms with E-state index < -0.39 is 17.7 Å². The summed E-state index contributed by atoms with van der Waals surface area (Å²) in [6.07, 6.45) is 6.49. The fourth-order valence-electron chi connectivity index (χ4n) is 12.2. The van der Waals surface area contributed by atoms with Crippen LogP contribution in [-0.4, -0.2) is 107 Å². The number of esters is 1. The van der Waals surface area contributed by atoms with Gasteiger partial charge in [-0.15, -0.1) is 0 Å². The number of anilines is 2. The summed E-state index contributed by atoms with van der Waals surface area (Å²) in [4.78, 5) is 72.7. The van der Waals surface area contributed by atoms with Crippen LogP contribution in [0, 0.1) is 31.6 Å². The summed E-state index contributed by atoms with van der Waals surface area (Å²) in [5.41, 5.74) is 14.7. The molecule has 17 heteroatoms. The van der Waals surface area contributed by atoms with Crippen molar-refractivity contribution in [2.45, 2.75) is 118 Å². The Morgan fingerprint density at radius 3 is 2.16 bits per heavy atom. The highest BCUT2D eigenvalue weighted by molar-refractivity contribution is 6.23. The van der Waals surface area contributed by atoms with Crippen LogP contribution < -0.4 is 14.8 Å². The summed E-state index contributed by atoms with van der Waals surface area (Å²) in [5.74, 6) is 5.97. The van der Waals surface area contributed by atoms with E-state index in [1.807, 2.05) is 80.6 Å². The lowest BCUT2D eigenvalue weighted by molar-refractivity contribution is -0.141. The number of aromatic nitrogens is 6. The summed E-state index contributed by atoms with van der Waals surface area (Å²) in [6, 6.07) is 25.2. The lowest BCUT2D eigenvalue weighted by atomic mass is 9.78. The van der Waals surface area contributed by atoms with Crippen molar-refractivity contribution in [3.05, 3.63) is 152 Å². The second-order valence-electron chi connectivity index (χ2n) is 22.7. The van der Waals surface area contributed by atoms with E-state index >= 15 is 9.59 Å². The highest BCUT2D eigenvalue weighted by atomic mass is 16.5. The summed E-state index contributed by atoms with van der Waals surface area (Å²) in [5, 5.41) is 4.17. The third-order valence-corrected chi connectivity index (χ3v) is 16.9. The van der Waals surface area contributed by atoms with E-state index in [0.717, 1.165) is 92.7 Å². The number of aryl methyl sites for hydroxylation is 2. The van der Waals surface area contributed by atoms with Crippen LogP contribution in [-0.2, 0) is 30.3 Å². The summed E-state index contributed by atoms with van der Waals surface area (Å²) in [7, 11) is 4.62. The van der Waals surface area contributed by atoms with Gasteiger partial charge in [0.2, 0.25) is 0 Å². The van der Waals surface area contributed by atoms with Gasteiger partial charge in [-0.05, 0) is 129 Å². The van der Waals surface area contributed by atoms with E-state index in [1.54, 1.807) is 14.2 Å². The molecule has 0 saturated carbocycles. The van der Waals surface area contributed by atoms with Gasteiger partial charge in [0.1, 0.15) is 25.4 Å². The molecule has 4 atom stereocenters. The number of nitrogens with zero attached hydrogens (tertiary/aromatic N) is 5. The largest absolute Gasteiger partial charge is 0.487 e. The zero-order valence-electron chi connectivity index (χ0n) is 51.8. The molecule has 8 bridgehead atoms. The molecule has 7 aromatic rings. The van der Waals surface area contributed by atoms with Crippen molar-refractivity contribution < 1.29 is 42.8 Å². The summed E-state index contributed by atoms with van der Waals surface area (Å²) < 4.78 is 34.3.